The number of aliphatic imine (C=N–C) groups is 1. The molecular weight excluding hydrogens is 186 g/mol. The normalized spacial score (nSPS) is 13.7. The van der Waals surface area contributed by atoms with E-state index in [9.17, 15) is 0 Å². The van der Waals surface area contributed by atoms with Crippen LogP contribution in [-0.2, 0) is 0 Å². The van der Waals surface area contributed by atoms with Crippen LogP contribution in [0, 0.1) is 12.8 Å². The van der Waals surface area contributed by atoms with Crippen molar-refractivity contribution in [3.8, 4) is 0 Å². The van der Waals surface area contributed by atoms with Crippen LogP contribution in [0.1, 0.15) is 33.4 Å². The first-order valence-corrected chi connectivity index (χ1v) is 5.24. The predicted octanol–water partition coefficient (Wildman–Crippen LogP) is 3.02. The standard InChI is InChI=1S/C12H19N3/c1-9(2)10(3)8-13-12(5)15-7-6-11(4)14-15/h6-9H,1-5H3/b10-8+,13-12?. The minimum Gasteiger partial charge on any atom is -0.242 e. The summed E-state index contributed by atoms with van der Waals surface area (Å²) in [6.07, 6.45) is 3.84. The fourth-order valence-corrected chi connectivity index (χ4v) is 0.999. The van der Waals surface area contributed by atoms with Crippen molar-refractivity contribution in [1.82, 2.24) is 9.78 Å². The molecular formula is C12H19N3. The molecule has 1 rings (SSSR count). The number of aromatic nitrogens is 2. The van der Waals surface area contributed by atoms with Crippen LogP contribution in [0.15, 0.2) is 29.0 Å². The van der Waals surface area contributed by atoms with E-state index in [1.165, 1.54) is 5.57 Å². The van der Waals surface area contributed by atoms with Crippen LogP contribution in [0.25, 0.3) is 0 Å². The Balaban J connectivity index is 2.81. The first kappa shape index (κ1) is 11.7. The van der Waals surface area contributed by atoms with E-state index < -0.39 is 0 Å². The maximum atomic E-state index is 4.38. The van der Waals surface area contributed by atoms with Gasteiger partial charge in [0.1, 0.15) is 5.84 Å². The third kappa shape index (κ3) is 3.35. The summed E-state index contributed by atoms with van der Waals surface area (Å²) < 4.78 is 1.79. The zero-order chi connectivity index (χ0) is 11.4. The van der Waals surface area contributed by atoms with Crippen LogP contribution in [0.2, 0.25) is 0 Å². The molecule has 0 aliphatic carbocycles. The van der Waals surface area contributed by atoms with Crippen molar-refractivity contribution < 1.29 is 0 Å². The minimum absolute atomic E-state index is 0.543. The zero-order valence-electron chi connectivity index (χ0n) is 10.2. The highest BCUT2D eigenvalue weighted by Crippen LogP contribution is 2.07. The number of rotatable bonds is 2. The molecule has 0 saturated heterocycles. The summed E-state index contributed by atoms with van der Waals surface area (Å²) >= 11 is 0. The molecule has 0 N–H and O–H groups in total. The van der Waals surface area contributed by atoms with E-state index >= 15 is 0 Å². The number of allylic oxidation sites excluding steroid dienone is 1. The summed E-state index contributed by atoms with van der Waals surface area (Å²) in [6, 6.07) is 1.97. The Bertz CT molecular complexity index is 383. The van der Waals surface area contributed by atoms with Crippen molar-refractivity contribution in [3.05, 3.63) is 29.7 Å². The van der Waals surface area contributed by atoms with E-state index in [0.29, 0.717) is 5.92 Å². The topological polar surface area (TPSA) is 30.2 Å². The maximum Gasteiger partial charge on any atom is 0.126 e. The highest BCUT2D eigenvalue weighted by atomic mass is 15.3. The van der Waals surface area contributed by atoms with Crippen molar-refractivity contribution in [3.63, 3.8) is 0 Å². The van der Waals surface area contributed by atoms with E-state index in [0.717, 1.165) is 11.5 Å². The van der Waals surface area contributed by atoms with Gasteiger partial charge in [-0.2, -0.15) is 5.10 Å². The van der Waals surface area contributed by atoms with Gasteiger partial charge in [-0.05, 0) is 32.8 Å². The Labute approximate surface area is 91.5 Å². The summed E-state index contributed by atoms with van der Waals surface area (Å²) in [5.74, 6) is 1.43. The third-order valence-electron chi connectivity index (χ3n) is 2.42. The molecule has 0 saturated carbocycles. The minimum atomic E-state index is 0.543. The molecule has 0 aliphatic heterocycles. The van der Waals surface area contributed by atoms with Gasteiger partial charge in [-0.1, -0.05) is 19.4 Å². The average molecular weight is 205 g/mol. The monoisotopic (exact) mass is 205 g/mol. The number of hydrogen-bond donors (Lipinski definition) is 0. The van der Waals surface area contributed by atoms with Crippen LogP contribution in [0.5, 0.6) is 0 Å². The SMILES string of the molecule is CC(=N/C=C(\C)C(C)C)n1ccc(C)n1. The first-order chi connectivity index (χ1) is 7.00. The second kappa shape index (κ2) is 4.91. The molecule has 1 aromatic rings. The summed E-state index contributed by atoms with van der Waals surface area (Å²) in [4.78, 5) is 4.38. The van der Waals surface area contributed by atoms with Gasteiger partial charge in [0.15, 0.2) is 0 Å². The van der Waals surface area contributed by atoms with Gasteiger partial charge >= 0.3 is 0 Å². The fraction of sp³-hybridized carbons (Fsp3) is 0.500. The van der Waals surface area contributed by atoms with Crippen molar-refractivity contribution in [1.29, 1.82) is 0 Å². The molecule has 82 valence electrons. The molecule has 3 nitrogen and oxygen atoms in total. The summed E-state index contributed by atoms with van der Waals surface area (Å²) in [7, 11) is 0. The van der Waals surface area contributed by atoms with Gasteiger partial charge in [-0.25, -0.2) is 9.67 Å². The lowest BCUT2D eigenvalue weighted by molar-refractivity contribution is 0.765. The van der Waals surface area contributed by atoms with Gasteiger partial charge in [0.2, 0.25) is 0 Å². The predicted molar refractivity (Wildman–Crippen MR) is 64.1 cm³/mol. The molecule has 0 amide bonds. The molecule has 0 spiro atoms. The van der Waals surface area contributed by atoms with Gasteiger partial charge in [-0.3, -0.25) is 0 Å². The third-order valence-corrected chi connectivity index (χ3v) is 2.42. The summed E-state index contributed by atoms with van der Waals surface area (Å²) in [5, 5.41) is 4.29. The molecule has 0 atom stereocenters. The van der Waals surface area contributed by atoms with Gasteiger partial charge < -0.3 is 0 Å². The lowest BCUT2D eigenvalue weighted by Gasteiger charge is -2.03. The first-order valence-electron chi connectivity index (χ1n) is 5.24. The van der Waals surface area contributed by atoms with Crippen molar-refractivity contribution in [2.24, 2.45) is 10.9 Å². The van der Waals surface area contributed by atoms with Crippen LogP contribution >= 0.6 is 0 Å². The molecule has 0 unspecified atom stereocenters. The Morgan fingerprint density at radius 2 is 2.13 bits per heavy atom. The molecule has 1 heterocycles. The van der Waals surface area contributed by atoms with Crippen LogP contribution in [0.4, 0.5) is 0 Å². The Morgan fingerprint density at radius 1 is 1.47 bits per heavy atom. The second-order valence-electron chi connectivity index (χ2n) is 4.11. The summed E-state index contributed by atoms with van der Waals surface area (Å²) in [6.45, 7) is 10.3. The summed E-state index contributed by atoms with van der Waals surface area (Å²) in [5.41, 5.74) is 2.28. The van der Waals surface area contributed by atoms with Crippen molar-refractivity contribution in [2.75, 3.05) is 0 Å². The second-order valence-corrected chi connectivity index (χ2v) is 4.11. The maximum absolute atomic E-state index is 4.38. The van der Waals surface area contributed by atoms with Crippen LogP contribution in [0.3, 0.4) is 0 Å². The molecule has 0 bridgehead atoms. The number of aryl methyl sites for hydroxylation is 1. The van der Waals surface area contributed by atoms with E-state index in [2.05, 4.69) is 30.9 Å². The van der Waals surface area contributed by atoms with Crippen molar-refractivity contribution >= 4 is 5.84 Å². The van der Waals surface area contributed by atoms with Gasteiger partial charge in [-0.15, -0.1) is 0 Å². The van der Waals surface area contributed by atoms with Gasteiger partial charge in [0.25, 0.3) is 0 Å². The Morgan fingerprint density at radius 3 is 2.60 bits per heavy atom. The number of hydrogen-bond acceptors (Lipinski definition) is 2. The molecule has 0 aliphatic rings. The molecule has 1 aromatic heterocycles. The highest BCUT2D eigenvalue weighted by Gasteiger charge is 1.97. The number of nitrogens with zero attached hydrogens (tertiary/aromatic N) is 3. The zero-order valence-corrected chi connectivity index (χ0v) is 10.2. The molecule has 0 radical (unpaired) electrons. The Hall–Kier alpha value is -1.38. The van der Waals surface area contributed by atoms with Gasteiger partial charge in [0.05, 0.1) is 5.69 Å². The Kier molecular flexibility index (Phi) is 3.83. The smallest absolute Gasteiger partial charge is 0.126 e. The van der Waals surface area contributed by atoms with Crippen molar-refractivity contribution in [2.45, 2.75) is 34.6 Å². The van der Waals surface area contributed by atoms with E-state index in [4.69, 9.17) is 0 Å². The van der Waals surface area contributed by atoms with Crippen LogP contribution < -0.4 is 0 Å². The quantitative estimate of drug-likeness (QED) is 0.539. The van der Waals surface area contributed by atoms with Gasteiger partial charge in [0, 0.05) is 12.4 Å². The molecule has 15 heavy (non-hydrogen) atoms. The molecule has 3 heteroatoms. The average Bonchev–Trinajstić information content (AvgIpc) is 2.60. The lowest BCUT2D eigenvalue weighted by Crippen LogP contribution is -2.07. The lowest BCUT2D eigenvalue weighted by atomic mass is 10.1. The van der Waals surface area contributed by atoms with E-state index in [1.807, 2.05) is 32.3 Å². The fourth-order valence-electron chi connectivity index (χ4n) is 0.999. The largest absolute Gasteiger partial charge is 0.242 e. The van der Waals surface area contributed by atoms with E-state index in [-0.39, 0.29) is 0 Å². The van der Waals surface area contributed by atoms with Crippen LogP contribution in [-0.4, -0.2) is 15.6 Å². The molecule has 0 aromatic carbocycles. The van der Waals surface area contributed by atoms with E-state index in [1.54, 1.807) is 4.68 Å². The molecule has 0 fully saturated rings. The highest BCUT2D eigenvalue weighted by molar-refractivity contribution is 5.81.